The highest BCUT2D eigenvalue weighted by atomic mass is 32.1. The molecule has 25 heavy (non-hydrogen) atoms. The van der Waals surface area contributed by atoms with E-state index in [1.54, 1.807) is 18.4 Å². The van der Waals surface area contributed by atoms with Gasteiger partial charge < -0.3 is 9.30 Å². The number of fused-ring (bicyclic) bond motifs is 1. The van der Waals surface area contributed by atoms with Crippen LogP contribution in [0, 0.1) is 0 Å². The number of rotatable bonds is 4. The van der Waals surface area contributed by atoms with Crippen molar-refractivity contribution >= 4 is 23.2 Å². The van der Waals surface area contributed by atoms with Crippen molar-refractivity contribution in [2.24, 2.45) is 0 Å². The molecule has 1 aliphatic heterocycles. The fraction of sp³-hybridized carbons (Fsp3) is 0.263. The van der Waals surface area contributed by atoms with Gasteiger partial charge in [0, 0.05) is 29.7 Å². The Balaban J connectivity index is 1.60. The molecule has 3 aromatic rings. The number of hydrogen-bond donors (Lipinski definition) is 0. The van der Waals surface area contributed by atoms with Crippen LogP contribution in [0.5, 0.6) is 5.75 Å². The SMILES string of the molecule is COc1ccc(-c2cn3c(n2)N(C(=O)Cc2cccs2)CCC3)cc1. The van der Waals surface area contributed by atoms with Gasteiger partial charge in [0.1, 0.15) is 5.75 Å². The van der Waals surface area contributed by atoms with Crippen LogP contribution in [-0.2, 0) is 17.8 Å². The van der Waals surface area contributed by atoms with Gasteiger partial charge in [-0.15, -0.1) is 11.3 Å². The molecular formula is C19H19N3O2S. The third-order valence-corrected chi connectivity index (χ3v) is 5.25. The van der Waals surface area contributed by atoms with Gasteiger partial charge in [-0.1, -0.05) is 6.07 Å². The molecule has 4 rings (SSSR count). The molecule has 1 amide bonds. The number of benzene rings is 1. The molecular weight excluding hydrogens is 334 g/mol. The molecule has 0 radical (unpaired) electrons. The monoisotopic (exact) mass is 353 g/mol. The summed E-state index contributed by atoms with van der Waals surface area (Å²) in [6.07, 6.45) is 3.41. The van der Waals surface area contributed by atoms with E-state index in [4.69, 9.17) is 9.72 Å². The lowest BCUT2D eigenvalue weighted by Gasteiger charge is -2.26. The Morgan fingerprint density at radius 3 is 2.80 bits per heavy atom. The molecule has 0 saturated heterocycles. The Hall–Kier alpha value is -2.60. The molecule has 2 aromatic heterocycles. The van der Waals surface area contributed by atoms with Crippen molar-refractivity contribution < 1.29 is 9.53 Å². The summed E-state index contributed by atoms with van der Waals surface area (Å²) >= 11 is 1.62. The van der Waals surface area contributed by atoms with Crippen molar-refractivity contribution in [3.05, 3.63) is 52.9 Å². The third-order valence-electron chi connectivity index (χ3n) is 4.37. The lowest BCUT2D eigenvalue weighted by Crippen LogP contribution is -2.38. The van der Waals surface area contributed by atoms with Crippen LogP contribution in [0.4, 0.5) is 5.95 Å². The van der Waals surface area contributed by atoms with Gasteiger partial charge >= 0.3 is 0 Å². The summed E-state index contributed by atoms with van der Waals surface area (Å²) in [5.41, 5.74) is 1.90. The molecule has 0 atom stereocenters. The van der Waals surface area contributed by atoms with Crippen LogP contribution in [0.3, 0.4) is 0 Å². The van der Waals surface area contributed by atoms with Crippen LogP contribution in [-0.4, -0.2) is 29.1 Å². The number of methoxy groups -OCH3 is 1. The van der Waals surface area contributed by atoms with Gasteiger partial charge in [-0.2, -0.15) is 0 Å². The number of carbonyl (C=O) groups is 1. The van der Waals surface area contributed by atoms with E-state index in [9.17, 15) is 4.79 Å². The minimum absolute atomic E-state index is 0.107. The quantitative estimate of drug-likeness (QED) is 0.720. The maximum absolute atomic E-state index is 12.7. The number of amides is 1. The minimum Gasteiger partial charge on any atom is -0.497 e. The zero-order chi connectivity index (χ0) is 17.2. The molecule has 0 N–H and O–H groups in total. The smallest absolute Gasteiger partial charge is 0.234 e. The second-order valence-corrected chi connectivity index (χ2v) is 7.04. The van der Waals surface area contributed by atoms with Crippen LogP contribution in [0.25, 0.3) is 11.3 Å². The molecule has 0 saturated carbocycles. The predicted octanol–water partition coefficient (Wildman–Crippen LogP) is 3.60. The lowest BCUT2D eigenvalue weighted by atomic mass is 10.2. The number of hydrogen-bond acceptors (Lipinski definition) is 4. The van der Waals surface area contributed by atoms with E-state index in [2.05, 4.69) is 4.57 Å². The summed E-state index contributed by atoms with van der Waals surface area (Å²) in [5, 5.41) is 2.00. The summed E-state index contributed by atoms with van der Waals surface area (Å²) in [5.74, 6) is 1.68. The first-order valence-electron chi connectivity index (χ1n) is 8.29. The molecule has 1 aromatic carbocycles. The summed E-state index contributed by atoms with van der Waals surface area (Å²) in [6, 6.07) is 11.8. The molecule has 0 unspecified atom stereocenters. The number of aryl methyl sites for hydroxylation is 1. The predicted molar refractivity (Wildman–Crippen MR) is 99.2 cm³/mol. The highest BCUT2D eigenvalue weighted by Gasteiger charge is 2.25. The first-order valence-corrected chi connectivity index (χ1v) is 9.17. The maximum atomic E-state index is 12.7. The van der Waals surface area contributed by atoms with Crippen molar-refractivity contribution in [1.29, 1.82) is 0 Å². The molecule has 0 spiro atoms. The molecule has 0 fully saturated rings. The van der Waals surface area contributed by atoms with Crippen molar-refractivity contribution in [3.63, 3.8) is 0 Å². The van der Waals surface area contributed by atoms with Gasteiger partial charge in [-0.05, 0) is 42.1 Å². The summed E-state index contributed by atoms with van der Waals surface area (Å²) < 4.78 is 7.29. The van der Waals surface area contributed by atoms with Gasteiger partial charge in [0.05, 0.1) is 19.2 Å². The Labute approximate surface area is 150 Å². The second kappa shape index (κ2) is 6.72. The highest BCUT2D eigenvalue weighted by Crippen LogP contribution is 2.28. The summed E-state index contributed by atoms with van der Waals surface area (Å²) in [7, 11) is 1.65. The molecule has 3 heterocycles. The molecule has 128 valence electrons. The molecule has 5 nitrogen and oxygen atoms in total. The third kappa shape index (κ3) is 3.17. The van der Waals surface area contributed by atoms with Gasteiger partial charge in [0.25, 0.3) is 0 Å². The van der Waals surface area contributed by atoms with E-state index in [0.717, 1.165) is 47.3 Å². The van der Waals surface area contributed by atoms with Gasteiger partial charge in [-0.3, -0.25) is 9.69 Å². The van der Waals surface area contributed by atoms with Crippen LogP contribution in [0.2, 0.25) is 0 Å². The fourth-order valence-electron chi connectivity index (χ4n) is 3.08. The van der Waals surface area contributed by atoms with Crippen LogP contribution in [0.1, 0.15) is 11.3 Å². The Morgan fingerprint density at radius 1 is 1.24 bits per heavy atom. The largest absolute Gasteiger partial charge is 0.497 e. The Morgan fingerprint density at radius 2 is 2.08 bits per heavy atom. The van der Waals surface area contributed by atoms with Crippen molar-refractivity contribution in [1.82, 2.24) is 9.55 Å². The van der Waals surface area contributed by atoms with Crippen LogP contribution >= 0.6 is 11.3 Å². The number of ether oxygens (including phenoxy) is 1. The van der Waals surface area contributed by atoms with Gasteiger partial charge in [0.15, 0.2) is 0 Å². The fourth-order valence-corrected chi connectivity index (χ4v) is 3.78. The van der Waals surface area contributed by atoms with Gasteiger partial charge in [0.2, 0.25) is 11.9 Å². The number of aromatic nitrogens is 2. The molecule has 6 heteroatoms. The number of thiophene rings is 1. The van der Waals surface area contributed by atoms with Crippen molar-refractivity contribution in [2.45, 2.75) is 19.4 Å². The topological polar surface area (TPSA) is 47.4 Å². The first-order chi connectivity index (χ1) is 12.2. The Bertz CT molecular complexity index is 869. The Kier molecular flexibility index (Phi) is 4.28. The van der Waals surface area contributed by atoms with E-state index in [1.165, 1.54) is 0 Å². The zero-order valence-electron chi connectivity index (χ0n) is 14.0. The number of nitrogens with zero attached hydrogens (tertiary/aromatic N) is 3. The van der Waals surface area contributed by atoms with E-state index < -0.39 is 0 Å². The van der Waals surface area contributed by atoms with Crippen molar-refractivity contribution in [2.75, 3.05) is 18.6 Å². The minimum atomic E-state index is 0.107. The number of imidazole rings is 1. The van der Waals surface area contributed by atoms with E-state index in [0.29, 0.717) is 6.42 Å². The summed E-state index contributed by atoms with van der Waals surface area (Å²) in [6.45, 7) is 1.62. The highest BCUT2D eigenvalue weighted by molar-refractivity contribution is 7.10. The standard InChI is InChI=1S/C19H19N3O2S/c1-24-15-7-5-14(6-8-15)17-13-21-9-3-10-22(19(21)20-17)18(23)12-16-4-2-11-25-16/h2,4-8,11,13H,3,9-10,12H2,1H3. The average Bonchev–Trinajstić information content (AvgIpc) is 3.30. The number of anilines is 1. The summed E-state index contributed by atoms with van der Waals surface area (Å²) in [4.78, 5) is 20.4. The second-order valence-electron chi connectivity index (χ2n) is 6.00. The zero-order valence-corrected chi connectivity index (χ0v) is 14.8. The molecule has 0 bridgehead atoms. The molecule has 0 aliphatic carbocycles. The lowest BCUT2D eigenvalue weighted by molar-refractivity contribution is -0.118. The van der Waals surface area contributed by atoms with Gasteiger partial charge in [-0.25, -0.2) is 4.98 Å². The van der Waals surface area contributed by atoms with E-state index in [1.807, 2.05) is 52.9 Å². The number of carbonyl (C=O) groups excluding carboxylic acids is 1. The molecule has 1 aliphatic rings. The van der Waals surface area contributed by atoms with Crippen LogP contribution in [0.15, 0.2) is 48.0 Å². The van der Waals surface area contributed by atoms with E-state index in [-0.39, 0.29) is 5.91 Å². The normalized spacial score (nSPS) is 13.6. The van der Waals surface area contributed by atoms with E-state index >= 15 is 0 Å². The van der Waals surface area contributed by atoms with Crippen molar-refractivity contribution in [3.8, 4) is 17.0 Å². The van der Waals surface area contributed by atoms with Crippen LogP contribution < -0.4 is 9.64 Å². The first kappa shape index (κ1) is 15.9. The average molecular weight is 353 g/mol. The maximum Gasteiger partial charge on any atom is 0.234 e.